The third-order valence-corrected chi connectivity index (χ3v) is 5.48. The van der Waals surface area contributed by atoms with Crippen LogP contribution in [-0.4, -0.2) is 23.5 Å². The highest BCUT2D eigenvalue weighted by Gasteiger charge is 2.12. The van der Waals surface area contributed by atoms with Gasteiger partial charge in [0.2, 0.25) is 0 Å². The molecule has 2 aromatic carbocycles. The number of ether oxygens (including phenoxy) is 1. The van der Waals surface area contributed by atoms with Gasteiger partial charge >= 0.3 is 5.97 Å². The molecule has 0 aliphatic rings. The van der Waals surface area contributed by atoms with Crippen molar-refractivity contribution in [3.63, 3.8) is 0 Å². The maximum absolute atomic E-state index is 13.5. The molecule has 0 unspecified atom stereocenters. The zero-order valence-electron chi connectivity index (χ0n) is 22.7. The topological polar surface area (TPSA) is 68.3 Å². The molecule has 6 heteroatoms. The van der Waals surface area contributed by atoms with Gasteiger partial charge in [-0.05, 0) is 79.8 Å². The van der Waals surface area contributed by atoms with Crippen LogP contribution in [0.4, 0.5) is 4.39 Å². The van der Waals surface area contributed by atoms with Gasteiger partial charge in [0.25, 0.3) is 5.91 Å². The molecule has 1 aromatic heterocycles. The number of nitrogens with zero attached hydrogens (tertiary/aromatic N) is 1. The van der Waals surface area contributed by atoms with Crippen LogP contribution in [0.1, 0.15) is 73.3 Å². The first-order chi connectivity index (χ1) is 17.7. The minimum atomic E-state index is -0.317. The summed E-state index contributed by atoms with van der Waals surface area (Å²) in [5.74, 6) is -0.903. The Morgan fingerprint density at radius 3 is 2.35 bits per heavy atom. The number of carbonyl (C=O) groups excluding carboxylic acids is 2. The van der Waals surface area contributed by atoms with Crippen molar-refractivity contribution in [2.45, 2.75) is 60.9 Å². The second-order valence-corrected chi connectivity index (χ2v) is 8.70. The lowest BCUT2D eigenvalue weighted by atomic mass is 10.00. The minimum Gasteiger partial charge on any atom is -0.463 e. The molecule has 3 rings (SSSR count). The first-order valence-electron chi connectivity index (χ1n) is 12.7. The molecule has 0 radical (unpaired) electrons. The van der Waals surface area contributed by atoms with E-state index in [1.165, 1.54) is 12.5 Å². The quantitative estimate of drug-likeness (QED) is 0.260. The zero-order chi connectivity index (χ0) is 27.4. The second kappa shape index (κ2) is 14.7. The van der Waals surface area contributed by atoms with E-state index in [2.05, 4.69) is 24.1 Å². The number of hydrogen-bond acceptors (Lipinski definition) is 4. The van der Waals surface area contributed by atoms with E-state index >= 15 is 0 Å². The van der Waals surface area contributed by atoms with Crippen LogP contribution in [0.2, 0.25) is 0 Å². The van der Waals surface area contributed by atoms with E-state index in [9.17, 15) is 14.0 Å². The Morgan fingerprint density at radius 1 is 0.973 bits per heavy atom. The number of pyridine rings is 1. The fourth-order valence-electron chi connectivity index (χ4n) is 3.48. The molecule has 0 saturated carbocycles. The van der Waals surface area contributed by atoms with E-state index in [0.717, 1.165) is 22.3 Å². The Kier molecular flexibility index (Phi) is 11.7. The Hall–Kier alpha value is -3.80. The van der Waals surface area contributed by atoms with Crippen LogP contribution < -0.4 is 5.32 Å². The van der Waals surface area contributed by atoms with E-state index in [4.69, 9.17) is 4.74 Å². The third kappa shape index (κ3) is 8.67. The molecule has 1 N–H and O–H groups in total. The molecule has 0 aliphatic heterocycles. The highest BCUT2D eigenvalue weighted by atomic mass is 19.1. The largest absolute Gasteiger partial charge is 0.463 e. The maximum Gasteiger partial charge on any atom is 0.333 e. The van der Waals surface area contributed by atoms with Crippen molar-refractivity contribution >= 4 is 18.0 Å². The molecule has 5 nitrogen and oxygen atoms in total. The van der Waals surface area contributed by atoms with Gasteiger partial charge in [0.15, 0.2) is 0 Å². The number of rotatable bonds is 8. The number of benzene rings is 2. The van der Waals surface area contributed by atoms with Gasteiger partial charge in [-0.15, -0.1) is 0 Å². The maximum atomic E-state index is 13.5. The summed E-state index contributed by atoms with van der Waals surface area (Å²) in [7, 11) is 0. The summed E-state index contributed by atoms with van der Waals surface area (Å²) in [5.41, 5.74) is 5.62. The molecular formula is C31H37FN2O3. The molecular weight excluding hydrogens is 467 g/mol. The number of aromatic nitrogens is 1. The number of amides is 1. The van der Waals surface area contributed by atoms with Crippen molar-refractivity contribution in [1.82, 2.24) is 10.3 Å². The first-order valence-corrected chi connectivity index (χ1v) is 12.7. The summed E-state index contributed by atoms with van der Waals surface area (Å²) >= 11 is 0. The van der Waals surface area contributed by atoms with Gasteiger partial charge in [-0.25, -0.2) is 14.2 Å². The Morgan fingerprint density at radius 2 is 1.70 bits per heavy atom. The third-order valence-electron chi connectivity index (χ3n) is 5.48. The number of halogens is 1. The van der Waals surface area contributed by atoms with Crippen molar-refractivity contribution in [2.24, 2.45) is 0 Å². The van der Waals surface area contributed by atoms with Crippen molar-refractivity contribution in [1.29, 1.82) is 0 Å². The molecule has 3 aromatic rings. The molecule has 0 atom stereocenters. The summed E-state index contributed by atoms with van der Waals surface area (Å²) in [6.07, 6.45) is 3.65. The molecule has 196 valence electrons. The van der Waals surface area contributed by atoms with Gasteiger partial charge in [-0.3, -0.25) is 4.79 Å². The average molecular weight is 505 g/mol. The average Bonchev–Trinajstić information content (AvgIpc) is 2.89. The molecule has 0 bridgehead atoms. The molecule has 0 aliphatic carbocycles. The van der Waals surface area contributed by atoms with E-state index in [1.54, 1.807) is 38.1 Å². The summed E-state index contributed by atoms with van der Waals surface area (Å²) < 4.78 is 18.6. The second-order valence-electron chi connectivity index (χ2n) is 8.70. The van der Waals surface area contributed by atoms with E-state index in [1.807, 2.05) is 44.2 Å². The molecule has 0 fully saturated rings. The Labute approximate surface area is 219 Å². The van der Waals surface area contributed by atoms with Gasteiger partial charge in [-0.1, -0.05) is 57.5 Å². The fourth-order valence-corrected chi connectivity index (χ4v) is 3.48. The smallest absolute Gasteiger partial charge is 0.333 e. The van der Waals surface area contributed by atoms with Crippen LogP contribution in [0, 0.1) is 19.7 Å². The van der Waals surface area contributed by atoms with Gasteiger partial charge in [-0.2, -0.15) is 0 Å². The molecule has 1 heterocycles. The van der Waals surface area contributed by atoms with Gasteiger partial charge < -0.3 is 10.1 Å². The Balaban J connectivity index is 0.00000153. The van der Waals surface area contributed by atoms with Crippen molar-refractivity contribution in [3.8, 4) is 11.3 Å². The number of nitrogens with one attached hydrogen (secondary N) is 1. The van der Waals surface area contributed by atoms with Crippen LogP contribution in [0.5, 0.6) is 0 Å². The highest BCUT2D eigenvalue weighted by molar-refractivity contribution is 5.94. The van der Waals surface area contributed by atoms with Crippen molar-refractivity contribution in [2.75, 3.05) is 6.61 Å². The number of hydrogen-bond donors (Lipinski definition) is 1. The molecule has 1 amide bonds. The molecule has 0 saturated heterocycles. The van der Waals surface area contributed by atoms with Crippen molar-refractivity contribution < 1.29 is 18.7 Å². The van der Waals surface area contributed by atoms with Crippen LogP contribution in [0.25, 0.3) is 17.3 Å². The van der Waals surface area contributed by atoms with Crippen LogP contribution in [0.15, 0.2) is 60.2 Å². The summed E-state index contributed by atoms with van der Waals surface area (Å²) in [4.78, 5) is 29.4. The number of aryl methyl sites for hydroxylation is 2. The summed E-state index contributed by atoms with van der Waals surface area (Å²) in [6.45, 7) is 12.2. The van der Waals surface area contributed by atoms with Crippen LogP contribution in [-0.2, 0) is 16.1 Å². The van der Waals surface area contributed by atoms with Gasteiger partial charge in [0.1, 0.15) is 11.5 Å². The minimum absolute atomic E-state index is 0.273. The molecule has 0 spiro atoms. The lowest BCUT2D eigenvalue weighted by molar-refractivity contribution is -0.138. The standard InChI is InChI=1S/C28H29FN2O3.C3H8/c1-5-21(28(33)34-6-2)15-23-16-22(12-10-18(23)3)25-8-7-9-26(31-25)27(32)30-17-20-11-13-24(29)19(4)14-20;1-3-2/h7-16H,5-6,17H2,1-4H3,(H,30,32);3H2,1-2H3/b21-15+;. The van der Waals surface area contributed by atoms with Crippen LogP contribution in [0.3, 0.4) is 0 Å². The number of esters is 1. The van der Waals surface area contributed by atoms with Crippen LogP contribution >= 0.6 is 0 Å². The van der Waals surface area contributed by atoms with E-state index < -0.39 is 0 Å². The normalized spacial score (nSPS) is 10.8. The fraction of sp³-hybridized carbons (Fsp3) is 0.323. The lowest BCUT2D eigenvalue weighted by Gasteiger charge is -2.10. The van der Waals surface area contributed by atoms with E-state index in [0.29, 0.717) is 29.9 Å². The zero-order valence-corrected chi connectivity index (χ0v) is 22.7. The highest BCUT2D eigenvalue weighted by Crippen LogP contribution is 2.24. The predicted molar refractivity (Wildman–Crippen MR) is 148 cm³/mol. The monoisotopic (exact) mass is 504 g/mol. The summed E-state index contributed by atoms with van der Waals surface area (Å²) in [5, 5.41) is 2.83. The van der Waals surface area contributed by atoms with Gasteiger partial charge in [0.05, 0.1) is 12.3 Å². The number of carbonyl (C=O) groups is 2. The molecule has 37 heavy (non-hydrogen) atoms. The van der Waals surface area contributed by atoms with Gasteiger partial charge in [0, 0.05) is 17.7 Å². The Bertz CT molecular complexity index is 1250. The SMILES string of the molecule is CCC.CCOC(=O)/C(=C/c1cc(-c2cccc(C(=O)NCc3ccc(F)c(C)c3)n2)ccc1C)CC. The first kappa shape index (κ1) is 29.4. The summed E-state index contributed by atoms with van der Waals surface area (Å²) in [6, 6.07) is 15.9. The lowest BCUT2D eigenvalue weighted by Crippen LogP contribution is -2.24. The predicted octanol–water partition coefficient (Wildman–Crippen LogP) is 7.21. The van der Waals surface area contributed by atoms with E-state index in [-0.39, 0.29) is 29.9 Å². The van der Waals surface area contributed by atoms with Crippen molar-refractivity contribution in [3.05, 3.63) is 93.9 Å².